The highest BCUT2D eigenvalue weighted by atomic mass is 16.5. The first-order chi connectivity index (χ1) is 7.19. The molecule has 4 heteroatoms. The largest absolute Gasteiger partial charge is 0.461 e. The number of nitrogens with zero attached hydrogens (tertiary/aromatic N) is 1. The lowest BCUT2D eigenvalue weighted by Gasteiger charge is -2.02. The van der Waals surface area contributed by atoms with Gasteiger partial charge in [-0.25, -0.2) is 4.79 Å². The summed E-state index contributed by atoms with van der Waals surface area (Å²) in [7, 11) is 0. The van der Waals surface area contributed by atoms with Crippen LogP contribution in [0.5, 0.6) is 0 Å². The monoisotopic (exact) mass is 211 g/mol. The van der Waals surface area contributed by atoms with E-state index >= 15 is 0 Å². The average molecular weight is 211 g/mol. The molecule has 1 aromatic heterocycles. The summed E-state index contributed by atoms with van der Waals surface area (Å²) in [6.45, 7) is 6.28. The number of hydrogen-bond donors (Lipinski definition) is 0. The van der Waals surface area contributed by atoms with Crippen molar-refractivity contribution >= 4 is 5.97 Å². The Morgan fingerprint density at radius 3 is 2.93 bits per heavy atom. The third-order valence-electron chi connectivity index (χ3n) is 2.22. The van der Waals surface area contributed by atoms with Gasteiger partial charge >= 0.3 is 5.97 Å². The molecule has 0 saturated carbocycles. The second-order valence-corrected chi connectivity index (χ2v) is 3.52. The highest BCUT2D eigenvalue weighted by molar-refractivity contribution is 5.87. The van der Waals surface area contributed by atoms with Crippen molar-refractivity contribution in [1.82, 2.24) is 5.16 Å². The van der Waals surface area contributed by atoms with Gasteiger partial charge in [-0.1, -0.05) is 25.4 Å². The number of rotatable bonds is 5. The second-order valence-electron chi connectivity index (χ2n) is 3.52. The zero-order valence-corrected chi connectivity index (χ0v) is 9.45. The van der Waals surface area contributed by atoms with Gasteiger partial charge in [0.1, 0.15) is 5.76 Å². The Bertz CT molecular complexity index is 319. The molecule has 0 spiro atoms. The number of carbonyl (C=O) groups excluding carboxylic acids is 1. The van der Waals surface area contributed by atoms with E-state index in [-0.39, 0.29) is 5.69 Å². The zero-order chi connectivity index (χ0) is 11.3. The minimum atomic E-state index is -0.420. The molecule has 1 atom stereocenters. The van der Waals surface area contributed by atoms with Gasteiger partial charge in [0, 0.05) is 12.0 Å². The first-order valence-corrected chi connectivity index (χ1v) is 5.32. The van der Waals surface area contributed by atoms with Crippen molar-refractivity contribution in [2.45, 2.75) is 39.5 Å². The van der Waals surface area contributed by atoms with Crippen LogP contribution in [0, 0.1) is 0 Å². The van der Waals surface area contributed by atoms with Crippen LogP contribution in [0.25, 0.3) is 0 Å². The standard InChI is InChI=1S/C11H17NO3/c1-4-6-8(3)10-7-9(12-15-10)11(13)14-5-2/h7-8H,4-6H2,1-3H3. The molecule has 0 radical (unpaired) electrons. The van der Waals surface area contributed by atoms with Gasteiger partial charge in [0.15, 0.2) is 5.69 Å². The van der Waals surface area contributed by atoms with Crippen molar-refractivity contribution in [2.75, 3.05) is 6.61 Å². The molecule has 1 heterocycles. The number of esters is 1. The predicted octanol–water partition coefficient (Wildman–Crippen LogP) is 2.75. The number of carbonyl (C=O) groups is 1. The molecular weight excluding hydrogens is 194 g/mol. The molecule has 0 fully saturated rings. The summed E-state index contributed by atoms with van der Waals surface area (Å²) >= 11 is 0. The van der Waals surface area contributed by atoms with Crippen LogP contribution >= 0.6 is 0 Å². The van der Waals surface area contributed by atoms with E-state index in [9.17, 15) is 4.79 Å². The Balaban J connectivity index is 2.67. The third-order valence-corrected chi connectivity index (χ3v) is 2.22. The maximum atomic E-state index is 11.3. The van der Waals surface area contributed by atoms with Crippen LogP contribution in [0.1, 0.15) is 55.8 Å². The van der Waals surface area contributed by atoms with E-state index in [4.69, 9.17) is 9.26 Å². The lowest BCUT2D eigenvalue weighted by Crippen LogP contribution is -2.04. The molecule has 0 aliphatic rings. The highest BCUT2D eigenvalue weighted by Crippen LogP contribution is 2.21. The summed E-state index contributed by atoms with van der Waals surface area (Å²) < 4.78 is 9.92. The minimum absolute atomic E-state index is 0.259. The average Bonchev–Trinajstić information content (AvgIpc) is 2.67. The molecule has 0 amide bonds. The van der Waals surface area contributed by atoms with Crippen LogP contribution in [-0.4, -0.2) is 17.7 Å². The molecule has 0 aliphatic heterocycles. The summed E-state index contributed by atoms with van der Waals surface area (Å²) in [6.07, 6.45) is 2.11. The van der Waals surface area contributed by atoms with Crippen LogP contribution < -0.4 is 0 Å². The molecule has 0 saturated heterocycles. The molecule has 1 rings (SSSR count). The Labute approximate surface area is 89.6 Å². The van der Waals surface area contributed by atoms with Crippen molar-refractivity contribution < 1.29 is 14.1 Å². The van der Waals surface area contributed by atoms with Gasteiger partial charge < -0.3 is 9.26 Å². The van der Waals surface area contributed by atoms with E-state index in [1.54, 1.807) is 13.0 Å². The zero-order valence-electron chi connectivity index (χ0n) is 9.45. The van der Waals surface area contributed by atoms with Crippen molar-refractivity contribution in [1.29, 1.82) is 0 Å². The van der Waals surface area contributed by atoms with Crippen LogP contribution in [0.4, 0.5) is 0 Å². The molecule has 1 aromatic rings. The maximum absolute atomic E-state index is 11.3. The van der Waals surface area contributed by atoms with Gasteiger partial charge in [-0.3, -0.25) is 0 Å². The van der Waals surface area contributed by atoms with E-state index in [1.807, 2.05) is 0 Å². The van der Waals surface area contributed by atoms with Gasteiger partial charge in [0.05, 0.1) is 6.61 Å². The quantitative estimate of drug-likeness (QED) is 0.703. The van der Waals surface area contributed by atoms with E-state index in [0.717, 1.165) is 18.6 Å². The summed E-state index contributed by atoms with van der Waals surface area (Å²) in [5.41, 5.74) is 0.259. The molecule has 0 bridgehead atoms. The minimum Gasteiger partial charge on any atom is -0.461 e. The van der Waals surface area contributed by atoms with Gasteiger partial charge in [0.25, 0.3) is 0 Å². The van der Waals surface area contributed by atoms with Gasteiger partial charge in [-0.2, -0.15) is 0 Å². The molecule has 4 nitrogen and oxygen atoms in total. The van der Waals surface area contributed by atoms with E-state index < -0.39 is 5.97 Å². The Morgan fingerprint density at radius 2 is 2.33 bits per heavy atom. The van der Waals surface area contributed by atoms with Crippen LogP contribution in [0.2, 0.25) is 0 Å². The lowest BCUT2D eigenvalue weighted by atomic mass is 10.0. The highest BCUT2D eigenvalue weighted by Gasteiger charge is 2.16. The fraction of sp³-hybridized carbons (Fsp3) is 0.636. The summed E-state index contributed by atoms with van der Waals surface area (Å²) in [5, 5.41) is 3.69. The lowest BCUT2D eigenvalue weighted by molar-refractivity contribution is 0.0514. The van der Waals surface area contributed by atoms with Crippen LogP contribution in [0.15, 0.2) is 10.6 Å². The second kappa shape index (κ2) is 5.53. The fourth-order valence-corrected chi connectivity index (χ4v) is 1.40. The number of ether oxygens (including phenoxy) is 1. The Morgan fingerprint density at radius 1 is 1.60 bits per heavy atom. The SMILES string of the molecule is CCCC(C)c1cc(C(=O)OCC)no1. The fourth-order valence-electron chi connectivity index (χ4n) is 1.40. The van der Waals surface area contributed by atoms with E-state index in [1.165, 1.54) is 0 Å². The Hall–Kier alpha value is -1.32. The Kier molecular flexibility index (Phi) is 4.34. The summed E-state index contributed by atoms with van der Waals surface area (Å²) in [4.78, 5) is 11.3. The normalized spacial score (nSPS) is 12.5. The smallest absolute Gasteiger partial charge is 0.360 e. The number of aromatic nitrogens is 1. The molecule has 0 aromatic carbocycles. The van der Waals surface area contributed by atoms with Crippen molar-refractivity contribution in [2.24, 2.45) is 0 Å². The molecule has 15 heavy (non-hydrogen) atoms. The first kappa shape index (κ1) is 11.8. The summed E-state index contributed by atoms with van der Waals surface area (Å²) in [5.74, 6) is 0.627. The third kappa shape index (κ3) is 3.08. The summed E-state index contributed by atoms with van der Waals surface area (Å²) in [6, 6.07) is 1.66. The first-order valence-electron chi connectivity index (χ1n) is 5.32. The maximum Gasteiger partial charge on any atom is 0.360 e. The van der Waals surface area contributed by atoms with Gasteiger partial charge in [0.2, 0.25) is 0 Å². The molecular formula is C11H17NO3. The van der Waals surface area contributed by atoms with Crippen molar-refractivity contribution in [3.63, 3.8) is 0 Å². The van der Waals surface area contributed by atoms with E-state index in [0.29, 0.717) is 12.5 Å². The van der Waals surface area contributed by atoms with Crippen LogP contribution in [0.3, 0.4) is 0 Å². The van der Waals surface area contributed by atoms with Crippen LogP contribution in [-0.2, 0) is 4.74 Å². The van der Waals surface area contributed by atoms with Crippen molar-refractivity contribution in [3.05, 3.63) is 17.5 Å². The molecule has 84 valence electrons. The van der Waals surface area contributed by atoms with Gasteiger partial charge in [-0.15, -0.1) is 0 Å². The molecule has 0 N–H and O–H groups in total. The van der Waals surface area contributed by atoms with E-state index in [2.05, 4.69) is 19.0 Å². The molecule has 1 unspecified atom stereocenters. The number of hydrogen-bond acceptors (Lipinski definition) is 4. The topological polar surface area (TPSA) is 52.3 Å². The van der Waals surface area contributed by atoms with Gasteiger partial charge in [-0.05, 0) is 13.3 Å². The predicted molar refractivity (Wildman–Crippen MR) is 55.8 cm³/mol. The molecule has 0 aliphatic carbocycles. The van der Waals surface area contributed by atoms with Crippen molar-refractivity contribution in [3.8, 4) is 0 Å².